The molecule has 2 aromatic rings. The summed E-state index contributed by atoms with van der Waals surface area (Å²) < 4.78 is 5.57. The van der Waals surface area contributed by atoms with Gasteiger partial charge in [-0.25, -0.2) is 0 Å². The Balaban J connectivity index is 2.06. The molecule has 3 heteroatoms. The van der Waals surface area contributed by atoms with Crippen molar-refractivity contribution in [2.45, 2.75) is 33.8 Å². The molecule has 0 spiro atoms. The van der Waals surface area contributed by atoms with Crippen LogP contribution in [0.2, 0.25) is 0 Å². The Bertz CT molecular complexity index is 630. The average Bonchev–Trinajstić information content (AvgIpc) is 2.43. The van der Waals surface area contributed by atoms with E-state index in [9.17, 15) is 4.79 Å². The van der Waals surface area contributed by atoms with E-state index in [0.717, 1.165) is 17.0 Å². The van der Waals surface area contributed by atoms with E-state index < -0.39 is 0 Å². The lowest BCUT2D eigenvalue weighted by Gasteiger charge is -2.11. The van der Waals surface area contributed by atoms with Crippen LogP contribution in [0.15, 0.2) is 42.5 Å². The smallest absolute Gasteiger partial charge is 0.255 e. The van der Waals surface area contributed by atoms with Gasteiger partial charge in [-0.3, -0.25) is 4.79 Å². The quantitative estimate of drug-likeness (QED) is 0.906. The number of rotatable bonds is 4. The van der Waals surface area contributed by atoms with E-state index in [1.165, 1.54) is 5.56 Å². The Labute approximate surface area is 126 Å². The van der Waals surface area contributed by atoms with E-state index in [2.05, 4.69) is 5.32 Å². The third-order valence-corrected chi connectivity index (χ3v) is 3.25. The largest absolute Gasteiger partial charge is 0.491 e. The van der Waals surface area contributed by atoms with Crippen LogP contribution < -0.4 is 10.1 Å². The predicted octanol–water partition coefficient (Wildman–Crippen LogP) is 4.34. The fraction of sp³-hybridized carbons (Fsp3) is 0.278. The van der Waals surface area contributed by atoms with Gasteiger partial charge < -0.3 is 10.1 Å². The average molecular weight is 283 g/mol. The fourth-order valence-corrected chi connectivity index (χ4v) is 1.97. The maximum atomic E-state index is 12.2. The van der Waals surface area contributed by atoms with E-state index in [1.54, 1.807) is 0 Å². The molecule has 0 saturated heterocycles. The van der Waals surface area contributed by atoms with E-state index in [-0.39, 0.29) is 12.0 Å². The third kappa shape index (κ3) is 4.09. The molecule has 21 heavy (non-hydrogen) atoms. The SMILES string of the molecule is Cc1ccc(C(=O)Nc2ccc(OC(C)C)cc2)cc1C. The number of aryl methyl sites for hydroxylation is 2. The number of amides is 1. The van der Waals surface area contributed by atoms with Gasteiger partial charge in [-0.1, -0.05) is 6.07 Å². The third-order valence-electron chi connectivity index (χ3n) is 3.25. The Morgan fingerprint density at radius 3 is 2.24 bits per heavy atom. The van der Waals surface area contributed by atoms with Crippen LogP contribution in [0.25, 0.3) is 0 Å². The zero-order valence-corrected chi connectivity index (χ0v) is 12.9. The number of hydrogen-bond donors (Lipinski definition) is 1. The van der Waals surface area contributed by atoms with Crippen LogP contribution in [-0.4, -0.2) is 12.0 Å². The highest BCUT2D eigenvalue weighted by Crippen LogP contribution is 2.18. The summed E-state index contributed by atoms with van der Waals surface area (Å²) in [6.45, 7) is 8.00. The first-order valence-corrected chi connectivity index (χ1v) is 7.11. The van der Waals surface area contributed by atoms with Crippen LogP contribution in [0.1, 0.15) is 35.3 Å². The summed E-state index contributed by atoms with van der Waals surface area (Å²) in [7, 11) is 0. The van der Waals surface area contributed by atoms with Crippen molar-refractivity contribution in [3.05, 3.63) is 59.2 Å². The van der Waals surface area contributed by atoms with Crippen LogP contribution in [0.4, 0.5) is 5.69 Å². The summed E-state index contributed by atoms with van der Waals surface area (Å²) >= 11 is 0. The topological polar surface area (TPSA) is 38.3 Å². The summed E-state index contributed by atoms with van der Waals surface area (Å²) in [6.07, 6.45) is 0.140. The summed E-state index contributed by atoms with van der Waals surface area (Å²) in [6, 6.07) is 13.1. The molecule has 1 N–H and O–H groups in total. The van der Waals surface area contributed by atoms with Crippen molar-refractivity contribution in [1.82, 2.24) is 0 Å². The molecule has 110 valence electrons. The molecule has 0 atom stereocenters. The summed E-state index contributed by atoms with van der Waals surface area (Å²) in [5.74, 6) is 0.699. The molecule has 0 aliphatic heterocycles. The molecule has 2 aromatic carbocycles. The second kappa shape index (κ2) is 6.44. The standard InChI is InChI=1S/C18H21NO2/c1-12(2)21-17-9-7-16(8-10-17)19-18(20)15-6-5-13(3)14(4)11-15/h5-12H,1-4H3,(H,19,20). The number of carbonyl (C=O) groups excluding carboxylic acids is 1. The van der Waals surface area contributed by atoms with E-state index in [4.69, 9.17) is 4.74 Å². The second-order valence-corrected chi connectivity index (χ2v) is 5.44. The minimum atomic E-state index is -0.101. The molecule has 0 unspecified atom stereocenters. The minimum Gasteiger partial charge on any atom is -0.491 e. The van der Waals surface area contributed by atoms with Crippen molar-refractivity contribution in [2.24, 2.45) is 0 Å². The van der Waals surface area contributed by atoms with E-state index in [0.29, 0.717) is 5.56 Å². The molecule has 0 aromatic heterocycles. The molecule has 0 saturated carbocycles. The maximum Gasteiger partial charge on any atom is 0.255 e. The second-order valence-electron chi connectivity index (χ2n) is 5.44. The Kier molecular flexibility index (Phi) is 4.63. The summed E-state index contributed by atoms with van der Waals surface area (Å²) in [5, 5.41) is 2.89. The summed E-state index contributed by atoms with van der Waals surface area (Å²) in [5.41, 5.74) is 3.72. The van der Waals surface area contributed by atoms with Crippen LogP contribution in [0.5, 0.6) is 5.75 Å². The predicted molar refractivity (Wildman–Crippen MR) is 86.1 cm³/mol. The Morgan fingerprint density at radius 1 is 1.00 bits per heavy atom. The van der Waals surface area contributed by atoms with Crippen molar-refractivity contribution in [3.63, 3.8) is 0 Å². The van der Waals surface area contributed by atoms with Crippen molar-refractivity contribution in [1.29, 1.82) is 0 Å². The maximum absolute atomic E-state index is 12.2. The molecule has 1 amide bonds. The van der Waals surface area contributed by atoms with Gasteiger partial charge in [0.25, 0.3) is 5.91 Å². The number of carbonyl (C=O) groups is 1. The first-order chi connectivity index (χ1) is 9.95. The normalized spacial score (nSPS) is 10.5. The van der Waals surface area contributed by atoms with Crippen molar-refractivity contribution >= 4 is 11.6 Å². The van der Waals surface area contributed by atoms with Gasteiger partial charge >= 0.3 is 0 Å². The number of anilines is 1. The highest BCUT2D eigenvalue weighted by molar-refractivity contribution is 6.04. The van der Waals surface area contributed by atoms with Crippen LogP contribution in [-0.2, 0) is 0 Å². The molecule has 0 bridgehead atoms. The minimum absolute atomic E-state index is 0.101. The molecule has 0 fully saturated rings. The van der Waals surface area contributed by atoms with Gasteiger partial charge in [-0.05, 0) is 75.2 Å². The Hall–Kier alpha value is -2.29. The van der Waals surface area contributed by atoms with Gasteiger partial charge in [0, 0.05) is 11.3 Å². The lowest BCUT2D eigenvalue weighted by atomic mass is 10.1. The molecule has 2 rings (SSSR count). The molecule has 0 aliphatic rings. The Morgan fingerprint density at radius 2 is 1.67 bits per heavy atom. The molecular formula is C18H21NO2. The van der Waals surface area contributed by atoms with E-state index >= 15 is 0 Å². The summed E-state index contributed by atoms with van der Waals surface area (Å²) in [4.78, 5) is 12.2. The van der Waals surface area contributed by atoms with Gasteiger partial charge in [-0.15, -0.1) is 0 Å². The van der Waals surface area contributed by atoms with Gasteiger partial charge in [0.1, 0.15) is 5.75 Å². The van der Waals surface area contributed by atoms with Crippen molar-refractivity contribution < 1.29 is 9.53 Å². The van der Waals surface area contributed by atoms with Crippen molar-refractivity contribution in [3.8, 4) is 5.75 Å². The number of hydrogen-bond acceptors (Lipinski definition) is 2. The number of benzene rings is 2. The molecule has 0 radical (unpaired) electrons. The zero-order valence-electron chi connectivity index (χ0n) is 12.9. The van der Waals surface area contributed by atoms with Gasteiger partial charge in [-0.2, -0.15) is 0 Å². The first kappa shape index (κ1) is 15.1. The van der Waals surface area contributed by atoms with Crippen LogP contribution in [0, 0.1) is 13.8 Å². The van der Waals surface area contributed by atoms with Gasteiger partial charge in [0.05, 0.1) is 6.10 Å². The van der Waals surface area contributed by atoms with Gasteiger partial charge in [0.2, 0.25) is 0 Å². The first-order valence-electron chi connectivity index (χ1n) is 7.11. The lowest BCUT2D eigenvalue weighted by molar-refractivity contribution is 0.102. The molecule has 3 nitrogen and oxygen atoms in total. The highest BCUT2D eigenvalue weighted by atomic mass is 16.5. The lowest BCUT2D eigenvalue weighted by Crippen LogP contribution is -2.12. The van der Waals surface area contributed by atoms with Crippen LogP contribution in [0.3, 0.4) is 0 Å². The highest BCUT2D eigenvalue weighted by Gasteiger charge is 2.07. The molecule has 0 aliphatic carbocycles. The molecule has 0 heterocycles. The fourth-order valence-electron chi connectivity index (χ4n) is 1.97. The number of ether oxygens (including phenoxy) is 1. The van der Waals surface area contributed by atoms with Crippen LogP contribution >= 0.6 is 0 Å². The number of nitrogens with one attached hydrogen (secondary N) is 1. The molecular weight excluding hydrogens is 262 g/mol. The van der Waals surface area contributed by atoms with Crippen molar-refractivity contribution in [2.75, 3.05) is 5.32 Å². The monoisotopic (exact) mass is 283 g/mol. The van der Waals surface area contributed by atoms with E-state index in [1.807, 2.05) is 70.2 Å². The zero-order chi connectivity index (χ0) is 15.4. The van der Waals surface area contributed by atoms with Gasteiger partial charge in [0.15, 0.2) is 0 Å².